The van der Waals surface area contributed by atoms with Gasteiger partial charge in [-0.3, -0.25) is 0 Å². The molecule has 0 radical (unpaired) electrons. The largest absolute Gasteiger partial charge is 0.338 e. The summed E-state index contributed by atoms with van der Waals surface area (Å²) < 4.78 is 31.8. The molecule has 1 aromatic carbocycles. The topological polar surface area (TPSA) is 51.0 Å². The molecule has 0 saturated heterocycles. The molecular weight excluding hydrogens is 344 g/mol. The van der Waals surface area contributed by atoms with Crippen molar-refractivity contribution in [1.82, 2.24) is 15.5 Å². The maximum Gasteiger partial charge on any atom is 0.240 e. The Balaban J connectivity index is 1.74. The fraction of sp³-hybridized carbons (Fsp3) is 0.429. The summed E-state index contributed by atoms with van der Waals surface area (Å²) in [4.78, 5) is 4.21. The summed E-state index contributed by atoms with van der Waals surface area (Å²) in [6.07, 6.45) is 4.81. The van der Waals surface area contributed by atoms with Crippen molar-refractivity contribution in [3.63, 3.8) is 0 Å². The van der Waals surface area contributed by atoms with Gasteiger partial charge in [-0.2, -0.15) is 4.98 Å². The first kappa shape index (κ1) is 14.6. The Kier molecular flexibility index (Phi) is 4.30. The van der Waals surface area contributed by atoms with Gasteiger partial charge in [0.15, 0.2) is 11.6 Å². The molecule has 7 heteroatoms. The molecule has 0 bridgehead atoms. The van der Waals surface area contributed by atoms with Gasteiger partial charge in [0.25, 0.3) is 0 Å². The lowest BCUT2D eigenvalue weighted by molar-refractivity contribution is 0.357. The minimum atomic E-state index is -0.956. The molecule has 2 aromatic rings. The SMILES string of the molecule is Fc1ccc(-c2noc(CNC3CCCC3)n2)c(Br)c1F. The van der Waals surface area contributed by atoms with E-state index < -0.39 is 11.6 Å². The van der Waals surface area contributed by atoms with Crippen LogP contribution in [0.2, 0.25) is 0 Å². The highest BCUT2D eigenvalue weighted by Gasteiger charge is 2.18. The van der Waals surface area contributed by atoms with Crippen LogP contribution in [0.15, 0.2) is 21.1 Å². The molecule has 21 heavy (non-hydrogen) atoms. The van der Waals surface area contributed by atoms with E-state index >= 15 is 0 Å². The van der Waals surface area contributed by atoms with E-state index in [4.69, 9.17) is 4.52 Å². The Hall–Kier alpha value is -1.34. The quantitative estimate of drug-likeness (QED) is 0.845. The molecule has 0 aliphatic heterocycles. The highest BCUT2D eigenvalue weighted by molar-refractivity contribution is 9.10. The van der Waals surface area contributed by atoms with Crippen molar-refractivity contribution in [2.45, 2.75) is 38.3 Å². The molecule has 0 amide bonds. The van der Waals surface area contributed by atoms with Crippen LogP contribution in [0.1, 0.15) is 31.6 Å². The smallest absolute Gasteiger partial charge is 0.240 e. The van der Waals surface area contributed by atoms with Crippen LogP contribution >= 0.6 is 15.9 Å². The molecule has 4 nitrogen and oxygen atoms in total. The Bertz CT molecular complexity index is 641. The highest BCUT2D eigenvalue weighted by Crippen LogP contribution is 2.30. The first-order valence-electron chi connectivity index (χ1n) is 6.85. The van der Waals surface area contributed by atoms with Gasteiger partial charge in [0, 0.05) is 11.6 Å². The minimum Gasteiger partial charge on any atom is -0.338 e. The van der Waals surface area contributed by atoms with Gasteiger partial charge >= 0.3 is 0 Å². The van der Waals surface area contributed by atoms with Gasteiger partial charge in [-0.15, -0.1) is 0 Å². The summed E-state index contributed by atoms with van der Waals surface area (Å²) in [5.74, 6) is -1.20. The third-order valence-electron chi connectivity index (χ3n) is 3.64. The Morgan fingerprint density at radius 3 is 2.81 bits per heavy atom. The van der Waals surface area contributed by atoms with Crippen molar-refractivity contribution in [1.29, 1.82) is 0 Å². The number of aromatic nitrogens is 2. The van der Waals surface area contributed by atoms with Crippen LogP contribution in [-0.4, -0.2) is 16.2 Å². The van der Waals surface area contributed by atoms with Crippen LogP contribution in [0.3, 0.4) is 0 Å². The van der Waals surface area contributed by atoms with Gasteiger partial charge in [-0.05, 0) is 40.9 Å². The molecule has 0 spiro atoms. The normalized spacial score (nSPS) is 15.8. The van der Waals surface area contributed by atoms with Gasteiger partial charge in [0.05, 0.1) is 11.0 Å². The van der Waals surface area contributed by atoms with Crippen LogP contribution in [-0.2, 0) is 6.54 Å². The van der Waals surface area contributed by atoms with Crippen molar-refractivity contribution >= 4 is 15.9 Å². The lowest BCUT2D eigenvalue weighted by Gasteiger charge is -2.08. The van der Waals surface area contributed by atoms with E-state index in [1.807, 2.05) is 0 Å². The van der Waals surface area contributed by atoms with Gasteiger partial charge in [0.2, 0.25) is 11.7 Å². The second-order valence-electron chi connectivity index (χ2n) is 5.10. The predicted molar refractivity (Wildman–Crippen MR) is 76.4 cm³/mol. The second-order valence-corrected chi connectivity index (χ2v) is 5.89. The van der Waals surface area contributed by atoms with Crippen molar-refractivity contribution in [2.75, 3.05) is 0 Å². The Labute approximate surface area is 129 Å². The summed E-state index contributed by atoms with van der Waals surface area (Å²) >= 11 is 3.02. The Morgan fingerprint density at radius 1 is 1.29 bits per heavy atom. The lowest BCUT2D eigenvalue weighted by atomic mass is 10.2. The molecule has 0 atom stereocenters. The van der Waals surface area contributed by atoms with Crippen LogP contribution in [0, 0.1) is 11.6 Å². The minimum absolute atomic E-state index is 0.00129. The molecule has 1 saturated carbocycles. The van der Waals surface area contributed by atoms with E-state index in [-0.39, 0.29) is 10.3 Å². The number of hydrogen-bond acceptors (Lipinski definition) is 4. The Morgan fingerprint density at radius 2 is 2.05 bits per heavy atom. The summed E-state index contributed by atoms with van der Waals surface area (Å²) in [6.45, 7) is 0.485. The number of nitrogens with zero attached hydrogens (tertiary/aromatic N) is 2. The summed E-state index contributed by atoms with van der Waals surface area (Å²) in [7, 11) is 0. The third-order valence-corrected chi connectivity index (χ3v) is 4.42. The number of halogens is 3. The van der Waals surface area contributed by atoms with Gasteiger partial charge in [-0.1, -0.05) is 18.0 Å². The third kappa shape index (κ3) is 3.13. The number of nitrogens with one attached hydrogen (secondary N) is 1. The lowest BCUT2D eigenvalue weighted by Crippen LogP contribution is -2.25. The fourth-order valence-electron chi connectivity index (χ4n) is 2.50. The highest BCUT2D eigenvalue weighted by atomic mass is 79.9. The van der Waals surface area contributed by atoms with Gasteiger partial charge < -0.3 is 9.84 Å². The second kappa shape index (κ2) is 6.19. The summed E-state index contributed by atoms with van der Waals surface area (Å²) in [5.41, 5.74) is 0.366. The van der Waals surface area contributed by atoms with E-state index in [2.05, 4.69) is 31.4 Å². The number of benzene rings is 1. The van der Waals surface area contributed by atoms with Crippen molar-refractivity contribution in [2.24, 2.45) is 0 Å². The number of hydrogen-bond donors (Lipinski definition) is 1. The van der Waals surface area contributed by atoms with Crippen molar-refractivity contribution in [3.05, 3.63) is 34.1 Å². The van der Waals surface area contributed by atoms with E-state index in [1.54, 1.807) is 0 Å². The molecule has 1 heterocycles. The number of rotatable bonds is 4. The van der Waals surface area contributed by atoms with Crippen LogP contribution < -0.4 is 5.32 Å². The molecule has 112 valence electrons. The van der Waals surface area contributed by atoms with Crippen molar-refractivity contribution in [3.8, 4) is 11.4 Å². The summed E-state index contributed by atoms with van der Waals surface area (Å²) in [5, 5.41) is 7.17. The average Bonchev–Trinajstić information content (AvgIpc) is 3.14. The summed E-state index contributed by atoms with van der Waals surface area (Å²) in [6, 6.07) is 2.96. The molecule has 1 aliphatic rings. The van der Waals surface area contributed by atoms with Gasteiger partial charge in [-0.25, -0.2) is 8.78 Å². The molecule has 1 aliphatic carbocycles. The van der Waals surface area contributed by atoms with Crippen LogP contribution in [0.25, 0.3) is 11.4 Å². The van der Waals surface area contributed by atoms with Crippen LogP contribution in [0.5, 0.6) is 0 Å². The maximum atomic E-state index is 13.5. The molecule has 1 fully saturated rings. The van der Waals surface area contributed by atoms with E-state index in [1.165, 1.54) is 18.9 Å². The first-order chi connectivity index (χ1) is 10.1. The zero-order valence-corrected chi connectivity index (χ0v) is 12.8. The molecule has 3 rings (SSSR count). The van der Waals surface area contributed by atoms with Crippen molar-refractivity contribution < 1.29 is 13.3 Å². The van der Waals surface area contributed by atoms with Crippen LogP contribution in [0.4, 0.5) is 8.78 Å². The fourth-order valence-corrected chi connectivity index (χ4v) is 3.00. The zero-order valence-electron chi connectivity index (χ0n) is 11.2. The molecular formula is C14H14BrF2N3O. The zero-order chi connectivity index (χ0) is 14.8. The van der Waals surface area contributed by atoms with E-state index in [0.717, 1.165) is 18.9 Å². The van der Waals surface area contributed by atoms with Gasteiger partial charge in [0.1, 0.15) is 0 Å². The maximum absolute atomic E-state index is 13.5. The molecule has 1 aromatic heterocycles. The first-order valence-corrected chi connectivity index (χ1v) is 7.64. The molecule has 1 N–H and O–H groups in total. The standard InChI is InChI=1S/C14H14BrF2N3O/c15-12-9(5-6-10(16)13(12)17)14-19-11(21-20-14)7-18-8-3-1-2-4-8/h5-6,8,18H,1-4,7H2. The molecule has 0 unspecified atom stereocenters. The average molecular weight is 358 g/mol. The predicted octanol–water partition coefficient (Wildman–Crippen LogP) is 3.81. The van der Waals surface area contributed by atoms with E-state index in [9.17, 15) is 8.78 Å². The van der Waals surface area contributed by atoms with E-state index in [0.29, 0.717) is 24.0 Å². The monoisotopic (exact) mass is 357 g/mol.